The summed E-state index contributed by atoms with van der Waals surface area (Å²) in [6.45, 7) is 0.0107. The van der Waals surface area contributed by atoms with Gasteiger partial charge in [-0.1, -0.05) is 40.5 Å². The topological polar surface area (TPSA) is 66.4 Å². The van der Waals surface area contributed by atoms with Gasteiger partial charge in [-0.15, -0.1) is 0 Å². The smallest absolute Gasteiger partial charge is 0.341 e. The van der Waals surface area contributed by atoms with E-state index in [0.29, 0.717) is 27.4 Å². The fourth-order valence-electron chi connectivity index (χ4n) is 2.60. The fraction of sp³-hybridized carbons (Fsp3) is 0.238. The van der Waals surface area contributed by atoms with Crippen molar-refractivity contribution in [3.8, 4) is 0 Å². The molecule has 0 atom stereocenters. The molecule has 0 heterocycles. The standard InChI is InChI=1S/C21H20Cl2FNO5/c1-27-10-17(21(26)29-3)14-5-4-6-18(22)16(14)11-30-25-20(12-28-2)15-8-7-13(24)9-19(15)23/h4-10H,11-12H2,1-3H3/b17-10+,25-20+. The summed E-state index contributed by atoms with van der Waals surface area (Å²) in [5, 5.41) is 4.61. The summed E-state index contributed by atoms with van der Waals surface area (Å²) in [6.07, 6.45) is 1.26. The number of ether oxygens (including phenoxy) is 3. The Morgan fingerprint density at radius 1 is 1.10 bits per heavy atom. The molecule has 0 aliphatic rings. The number of oxime groups is 1. The van der Waals surface area contributed by atoms with Gasteiger partial charge in [0.25, 0.3) is 0 Å². The lowest BCUT2D eigenvalue weighted by Gasteiger charge is -2.13. The summed E-state index contributed by atoms with van der Waals surface area (Å²) < 4.78 is 28.3. The van der Waals surface area contributed by atoms with Crippen LogP contribution in [0.15, 0.2) is 47.8 Å². The summed E-state index contributed by atoms with van der Waals surface area (Å²) >= 11 is 12.4. The molecular weight excluding hydrogens is 436 g/mol. The number of nitrogens with zero attached hydrogens (tertiary/aromatic N) is 1. The van der Waals surface area contributed by atoms with E-state index >= 15 is 0 Å². The van der Waals surface area contributed by atoms with Crippen molar-refractivity contribution in [2.75, 3.05) is 27.9 Å². The molecule has 2 aromatic carbocycles. The highest BCUT2D eigenvalue weighted by Crippen LogP contribution is 2.28. The highest BCUT2D eigenvalue weighted by atomic mass is 35.5. The van der Waals surface area contributed by atoms with Gasteiger partial charge in [0.2, 0.25) is 0 Å². The first-order valence-corrected chi connectivity index (χ1v) is 9.40. The number of hydrogen-bond donors (Lipinski definition) is 0. The molecule has 160 valence electrons. The van der Waals surface area contributed by atoms with Crippen molar-refractivity contribution < 1.29 is 28.2 Å². The van der Waals surface area contributed by atoms with E-state index < -0.39 is 11.8 Å². The summed E-state index contributed by atoms with van der Waals surface area (Å²) in [5.41, 5.74) is 1.97. The van der Waals surface area contributed by atoms with Gasteiger partial charge in [0.15, 0.2) is 0 Å². The molecule has 0 aliphatic carbocycles. The lowest BCUT2D eigenvalue weighted by atomic mass is 10.0. The lowest BCUT2D eigenvalue weighted by molar-refractivity contribution is -0.133. The molecule has 0 bridgehead atoms. The van der Waals surface area contributed by atoms with Crippen LogP contribution in [0.5, 0.6) is 0 Å². The van der Waals surface area contributed by atoms with Crippen LogP contribution in [0.3, 0.4) is 0 Å². The molecule has 9 heteroatoms. The summed E-state index contributed by atoms with van der Waals surface area (Å²) in [6, 6.07) is 8.94. The minimum atomic E-state index is -0.595. The number of carbonyl (C=O) groups is 1. The molecule has 30 heavy (non-hydrogen) atoms. The van der Waals surface area contributed by atoms with Gasteiger partial charge in [-0.2, -0.15) is 0 Å². The lowest BCUT2D eigenvalue weighted by Crippen LogP contribution is -2.11. The van der Waals surface area contributed by atoms with Gasteiger partial charge in [-0.25, -0.2) is 9.18 Å². The molecule has 0 unspecified atom stereocenters. The maximum absolute atomic E-state index is 13.3. The highest BCUT2D eigenvalue weighted by molar-refractivity contribution is 6.34. The van der Waals surface area contributed by atoms with Crippen molar-refractivity contribution in [2.45, 2.75) is 6.61 Å². The van der Waals surface area contributed by atoms with Crippen LogP contribution in [-0.4, -0.2) is 39.6 Å². The van der Waals surface area contributed by atoms with Gasteiger partial charge in [0.1, 0.15) is 23.7 Å². The predicted molar refractivity (Wildman–Crippen MR) is 113 cm³/mol. The van der Waals surface area contributed by atoms with Crippen molar-refractivity contribution in [3.63, 3.8) is 0 Å². The number of carbonyl (C=O) groups excluding carboxylic acids is 1. The average Bonchev–Trinajstić information content (AvgIpc) is 2.72. The second kappa shape index (κ2) is 11.5. The second-order valence-electron chi connectivity index (χ2n) is 5.89. The number of rotatable bonds is 9. The van der Waals surface area contributed by atoms with E-state index in [2.05, 4.69) is 5.16 Å². The second-order valence-corrected chi connectivity index (χ2v) is 6.71. The Morgan fingerprint density at radius 3 is 2.50 bits per heavy atom. The molecule has 0 aliphatic heterocycles. The summed E-state index contributed by atoms with van der Waals surface area (Å²) in [5.74, 6) is -1.07. The van der Waals surface area contributed by atoms with Crippen LogP contribution in [0.1, 0.15) is 16.7 Å². The van der Waals surface area contributed by atoms with E-state index in [9.17, 15) is 9.18 Å². The van der Waals surface area contributed by atoms with E-state index in [1.807, 2.05) is 0 Å². The van der Waals surface area contributed by atoms with Crippen molar-refractivity contribution in [1.29, 1.82) is 0 Å². The predicted octanol–water partition coefficient (Wildman–Crippen LogP) is 4.86. The first kappa shape index (κ1) is 23.7. The molecule has 2 aromatic rings. The van der Waals surface area contributed by atoms with E-state index in [0.717, 1.165) is 0 Å². The van der Waals surface area contributed by atoms with E-state index in [-0.39, 0.29) is 23.8 Å². The maximum Gasteiger partial charge on any atom is 0.341 e. The highest BCUT2D eigenvalue weighted by Gasteiger charge is 2.19. The van der Waals surface area contributed by atoms with Gasteiger partial charge in [-0.3, -0.25) is 0 Å². The molecule has 0 fully saturated rings. The molecule has 0 N–H and O–H groups in total. The Morgan fingerprint density at radius 2 is 1.87 bits per heavy atom. The minimum Gasteiger partial charge on any atom is -0.503 e. The number of halogens is 3. The Bertz CT molecular complexity index is 962. The molecular formula is C21H20Cl2FNO5. The van der Waals surface area contributed by atoms with E-state index in [4.69, 9.17) is 42.3 Å². The van der Waals surface area contributed by atoms with Crippen LogP contribution in [0, 0.1) is 5.82 Å². The van der Waals surface area contributed by atoms with Gasteiger partial charge >= 0.3 is 5.97 Å². The van der Waals surface area contributed by atoms with Crippen LogP contribution in [-0.2, 0) is 30.4 Å². The normalized spacial score (nSPS) is 11.9. The maximum atomic E-state index is 13.3. The Labute approximate surface area is 183 Å². The van der Waals surface area contributed by atoms with Crippen LogP contribution < -0.4 is 0 Å². The number of hydrogen-bond acceptors (Lipinski definition) is 6. The van der Waals surface area contributed by atoms with Crippen LogP contribution in [0.4, 0.5) is 4.39 Å². The zero-order valence-corrected chi connectivity index (χ0v) is 18.1. The molecule has 0 spiro atoms. The number of methoxy groups -OCH3 is 3. The quantitative estimate of drug-likeness (QED) is 0.177. The Kier molecular flexibility index (Phi) is 9.11. The molecule has 0 saturated heterocycles. The van der Waals surface area contributed by atoms with Gasteiger partial charge < -0.3 is 19.0 Å². The van der Waals surface area contributed by atoms with Crippen molar-refractivity contribution in [2.24, 2.45) is 5.16 Å². The Balaban J connectivity index is 2.35. The average molecular weight is 456 g/mol. The molecule has 0 saturated carbocycles. The Hall–Kier alpha value is -2.61. The summed E-state index contributed by atoms with van der Waals surface area (Å²) in [7, 11) is 4.16. The van der Waals surface area contributed by atoms with Crippen LogP contribution in [0.2, 0.25) is 10.0 Å². The number of benzene rings is 2. The van der Waals surface area contributed by atoms with Crippen LogP contribution in [0.25, 0.3) is 5.57 Å². The number of esters is 1. The zero-order chi connectivity index (χ0) is 22.1. The first-order valence-electron chi connectivity index (χ1n) is 8.65. The molecule has 6 nitrogen and oxygen atoms in total. The van der Waals surface area contributed by atoms with Crippen molar-refractivity contribution >= 4 is 40.5 Å². The van der Waals surface area contributed by atoms with Crippen molar-refractivity contribution in [1.82, 2.24) is 0 Å². The van der Waals surface area contributed by atoms with E-state index in [1.54, 1.807) is 18.2 Å². The SMILES string of the molecule is CO/C=C(/C(=O)OC)c1cccc(Cl)c1CO/N=C(\COC)c1ccc(F)cc1Cl. The van der Waals surface area contributed by atoms with Crippen molar-refractivity contribution in [3.05, 3.63) is 75.2 Å². The monoisotopic (exact) mass is 455 g/mol. The van der Waals surface area contributed by atoms with Gasteiger partial charge in [-0.05, 0) is 24.3 Å². The third-order valence-corrected chi connectivity index (χ3v) is 4.62. The largest absolute Gasteiger partial charge is 0.503 e. The molecule has 2 rings (SSSR count). The fourth-order valence-corrected chi connectivity index (χ4v) is 3.10. The summed E-state index contributed by atoms with van der Waals surface area (Å²) in [4.78, 5) is 17.6. The van der Waals surface area contributed by atoms with Crippen LogP contribution >= 0.6 is 23.2 Å². The minimum absolute atomic E-state index is 0.0704. The van der Waals surface area contributed by atoms with Gasteiger partial charge in [0, 0.05) is 28.8 Å². The third kappa shape index (κ3) is 5.95. The van der Waals surface area contributed by atoms with Gasteiger partial charge in [0.05, 0.1) is 32.1 Å². The van der Waals surface area contributed by atoms with E-state index in [1.165, 1.54) is 45.8 Å². The first-order chi connectivity index (χ1) is 14.4. The third-order valence-electron chi connectivity index (χ3n) is 3.96. The molecule has 0 aromatic heterocycles. The molecule has 0 amide bonds. The zero-order valence-electron chi connectivity index (χ0n) is 16.6. The molecule has 0 radical (unpaired) electrons.